The molecule has 15 heavy (non-hydrogen) atoms. The number of carbonyl (C=O) groups is 1. The molecule has 1 fully saturated rings. The van der Waals surface area contributed by atoms with Gasteiger partial charge in [0.1, 0.15) is 0 Å². The van der Waals surface area contributed by atoms with Crippen LogP contribution in [0.3, 0.4) is 0 Å². The van der Waals surface area contributed by atoms with Crippen LogP contribution in [0.1, 0.15) is 35.3 Å². The summed E-state index contributed by atoms with van der Waals surface area (Å²) in [4.78, 5) is 13.1. The van der Waals surface area contributed by atoms with Gasteiger partial charge in [-0.15, -0.1) is 0 Å². The predicted octanol–water partition coefficient (Wildman–Crippen LogP) is 1.25. The second-order valence-electron chi connectivity index (χ2n) is 4.07. The minimum absolute atomic E-state index is 0.701. The smallest absolute Gasteiger partial charge is 0.153 e. The SMILES string of the molecule is O=Cc1cn[nH]c1CCN1CCCCC1. The lowest BCUT2D eigenvalue weighted by atomic mass is 10.1. The molecule has 1 aliphatic heterocycles. The number of aromatic nitrogens is 2. The standard InChI is InChI=1S/C11H17N3O/c15-9-10-8-12-13-11(10)4-7-14-5-2-1-3-6-14/h8-9H,1-7H2,(H,12,13). The van der Waals surface area contributed by atoms with Crippen LogP contribution >= 0.6 is 0 Å². The molecule has 4 heteroatoms. The molecule has 2 heterocycles. The Hall–Kier alpha value is -1.16. The Morgan fingerprint density at radius 1 is 1.40 bits per heavy atom. The molecule has 4 nitrogen and oxygen atoms in total. The molecule has 0 bridgehead atoms. The molecule has 1 aliphatic rings. The molecule has 0 aliphatic carbocycles. The molecular weight excluding hydrogens is 190 g/mol. The molecule has 0 atom stereocenters. The minimum atomic E-state index is 0.701. The van der Waals surface area contributed by atoms with E-state index in [9.17, 15) is 4.79 Å². The van der Waals surface area contributed by atoms with Gasteiger partial charge in [-0.2, -0.15) is 5.10 Å². The van der Waals surface area contributed by atoms with E-state index in [1.807, 2.05) is 0 Å². The van der Waals surface area contributed by atoms with Crippen LogP contribution in [0.4, 0.5) is 0 Å². The average molecular weight is 207 g/mol. The van der Waals surface area contributed by atoms with Crippen molar-refractivity contribution in [2.24, 2.45) is 0 Å². The summed E-state index contributed by atoms with van der Waals surface area (Å²) < 4.78 is 0. The van der Waals surface area contributed by atoms with Crippen molar-refractivity contribution in [1.82, 2.24) is 15.1 Å². The highest BCUT2D eigenvalue weighted by atomic mass is 16.1. The molecule has 0 amide bonds. The molecule has 0 unspecified atom stereocenters. The zero-order chi connectivity index (χ0) is 10.5. The quantitative estimate of drug-likeness (QED) is 0.756. The lowest BCUT2D eigenvalue weighted by molar-refractivity contribution is 0.112. The summed E-state index contributed by atoms with van der Waals surface area (Å²) in [5, 5.41) is 6.77. The van der Waals surface area contributed by atoms with Crippen LogP contribution < -0.4 is 0 Å². The van der Waals surface area contributed by atoms with Crippen molar-refractivity contribution in [2.45, 2.75) is 25.7 Å². The number of H-pyrrole nitrogens is 1. The molecule has 0 aromatic carbocycles. The number of hydrogen-bond acceptors (Lipinski definition) is 3. The first-order valence-corrected chi connectivity index (χ1v) is 5.60. The fourth-order valence-corrected chi connectivity index (χ4v) is 2.08. The predicted molar refractivity (Wildman–Crippen MR) is 58.0 cm³/mol. The molecule has 0 saturated carbocycles. The number of aldehydes is 1. The number of nitrogens with one attached hydrogen (secondary N) is 1. The average Bonchev–Trinajstić information content (AvgIpc) is 2.75. The summed E-state index contributed by atoms with van der Waals surface area (Å²) in [6.45, 7) is 3.43. The highest BCUT2D eigenvalue weighted by molar-refractivity contribution is 5.75. The lowest BCUT2D eigenvalue weighted by Crippen LogP contribution is -2.31. The van der Waals surface area contributed by atoms with Gasteiger partial charge in [-0.25, -0.2) is 0 Å². The van der Waals surface area contributed by atoms with Gasteiger partial charge in [-0.1, -0.05) is 6.42 Å². The van der Waals surface area contributed by atoms with E-state index in [1.165, 1.54) is 32.4 Å². The Balaban J connectivity index is 1.84. The van der Waals surface area contributed by atoms with Crippen molar-refractivity contribution >= 4 is 6.29 Å². The van der Waals surface area contributed by atoms with E-state index in [2.05, 4.69) is 15.1 Å². The third-order valence-corrected chi connectivity index (χ3v) is 3.01. The molecule has 1 aromatic heterocycles. The third kappa shape index (κ3) is 2.65. The summed E-state index contributed by atoms with van der Waals surface area (Å²) in [6, 6.07) is 0. The summed E-state index contributed by atoms with van der Waals surface area (Å²) in [6.07, 6.45) is 7.34. The zero-order valence-corrected chi connectivity index (χ0v) is 8.91. The van der Waals surface area contributed by atoms with Crippen molar-refractivity contribution in [3.8, 4) is 0 Å². The van der Waals surface area contributed by atoms with Crippen LogP contribution in [-0.2, 0) is 6.42 Å². The second kappa shape index (κ2) is 5.07. The van der Waals surface area contributed by atoms with Gasteiger partial charge in [-0.3, -0.25) is 9.89 Å². The van der Waals surface area contributed by atoms with Crippen molar-refractivity contribution in [3.05, 3.63) is 17.5 Å². The molecular formula is C11H17N3O. The highest BCUT2D eigenvalue weighted by Crippen LogP contribution is 2.10. The van der Waals surface area contributed by atoms with Crippen molar-refractivity contribution in [2.75, 3.05) is 19.6 Å². The fraction of sp³-hybridized carbons (Fsp3) is 0.636. The number of rotatable bonds is 4. The van der Waals surface area contributed by atoms with Gasteiger partial charge in [0.2, 0.25) is 0 Å². The molecule has 82 valence electrons. The van der Waals surface area contributed by atoms with E-state index in [4.69, 9.17) is 0 Å². The van der Waals surface area contributed by atoms with E-state index in [-0.39, 0.29) is 0 Å². The van der Waals surface area contributed by atoms with E-state index in [1.54, 1.807) is 6.20 Å². The van der Waals surface area contributed by atoms with Crippen LogP contribution in [0, 0.1) is 0 Å². The molecule has 0 spiro atoms. The Morgan fingerprint density at radius 2 is 2.20 bits per heavy atom. The normalized spacial score (nSPS) is 17.9. The Labute approximate surface area is 89.7 Å². The number of likely N-dealkylation sites (tertiary alicyclic amines) is 1. The number of piperidine rings is 1. The first-order chi connectivity index (χ1) is 7.40. The largest absolute Gasteiger partial charge is 0.303 e. The summed E-state index contributed by atoms with van der Waals surface area (Å²) in [5.41, 5.74) is 1.67. The van der Waals surface area contributed by atoms with Crippen LogP contribution in [0.15, 0.2) is 6.20 Å². The van der Waals surface area contributed by atoms with Crippen LogP contribution in [-0.4, -0.2) is 41.0 Å². The topological polar surface area (TPSA) is 49.0 Å². The van der Waals surface area contributed by atoms with Crippen molar-refractivity contribution < 1.29 is 4.79 Å². The highest BCUT2D eigenvalue weighted by Gasteiger charge is 2.11. The van der Waals surface area contributed by atoms with Gasteiger partial charge in [-0.05, 0) is 25.9 Å². The van der Waals surface area contributed by atoms with Crippen molar-refractivity contribution in [1.29, 1.82) is 0 Å². The van der Waals surface area contributed by atoms with E-state index >= 15 is 0 Å². The Morgan fingerprint density at radius 3 is 2.93 bits per heavy atom. The molecule has 2 rings (SSSR count). The van der Waals surface area contributed by atoms with Gasteiger partial charge in [0.15, 0.2) is 6.29 Å². The van der Waals surface area contributed by atoms with Gasteiger partial charge in [0.05, 0.1) is 11.8 Å². The molecule has 1 aromatic rings. The lowest BCUT2D eigenvalue weighted by Gasteiger charge is -2.26. The van der Waals surface area contributed by atoms with E-state index in [0.29, 0.717) is 5.56 Å². The maximum absolute atomic E-state index is 10.7. The summed E-state index contributed by atoms with van der Waals surface area (Å²) in [5.74, 6) is 0. The molecule has 1 N–H and O–H groups in total. The van der Waals surface area contributed by atoms with Gasteiger partial charge in [0, 0.05) is 18.7 Å². The fourth-order valence-electron chi connectivity index (χ4n) is 2.08. The van der Waals surface area contributed by atoms with E-state index in [0.717, 1.165) is 24.9 Å². The Kier molecular flexibility index (Phi) is 3.50. The van der Waals surface area contributed by atoms with Gasteiger partial charge in [0.25, 0.3) is 0 Å². The molecule has 0 radical (unpaired) electrons. The first-order valence-electron chi connectivity index (χ1n) is 5.60. The second-order valence-corrected chi connectivity index (χ2v) is 4.07. The molecule has 1 saturated heterocycles. The summed E-state index contributed by atoms with van der Waals surface area (Å²) >= 11 is 0. The first kappa shape index (κ1) is 10.4. The van der Waals surface area contributed by atoms with Crippen LogP contribution in [0.2, 0.25) is 0 Å². The number of aromatic amines is 1. The third-order valence-electron chi connectivity index (χ3n) is 3.01. The minimum Gasteiger partial charge on any atom is -0.303 e. The zero-order valence-electron chi connectivity index (χ0n) is 8.91. The number of nitrogens with zero attached hydrogens (tertiary/aromatic N) is 2. The van der Waals surface area contributed by atoms with Crippen LogP contribution in [0.5, 0.6) is 0 Å². The number of hydrogen-bond donors (Lipinski definition) is 1. The van der Waals surface area contributed by atoms with Crippen molar-refractivity contribution in [3.63, 3.8) is 0 Å². The number of carbonyl (C=O) groups excluding carboxylic acids is 1. The Bertz CT molecular complexity index is 315. The monoisotopic (exact) mass is 207 g/mol. The van der Waals surface area contributed by atoms with Crippen LogP contribution in [0.25, 0.3) is 0 Å². The van der Waals surface area contributed by atoms with E-state index < -0.39 is 0 Å². The van der Waals surface area contributed by atoms with Gasteiger partial charge >= 0.3 is 0 Å². The van der Waals surface area contributed by atoms with Gasteiger partial charge < -0.3 is 4.90 Å². The summed E-state index contributed by atoms with van der Waals surface area (Å²) in [7, 11) is 0. The maximum Gasteiger partial charge on any atom is 0.153 e. The maximum atomic E-state index is 10.7.